The van der Waals surface area contributed by atoms with Crippen molar-refractivity contribution >= 4 is 6.03 Å². The van der Waals surface area contributed by atoms with E-state index in [-0.39, 0.29) is 24.7 Å². The van der Waals surface area contributed by atoms with Crippen LogP contribution in [0.1, 0.15) is 30.5 Å². The topological polar surface area (TPSA) is 61.4 Å². The zero-order chi connectivity index (χ0) is 16.5. The first-order chi connectivity index (χ1) is 11.2. The molecule has 0 spiro atoms. The number of aliphatic hydroxyl groups excluding tert-OH is 1. The number of urea groups is 1. The Bertz CT molecular complexity index is 587. The molecule has 0 aromatic heterocycles. The van der Waals surface area contributed by atoms with Crippen molar-refractivity contribution in [3.05, 3.63) is 71.8 Å². The monoisotopic (exact) mass is 312 g/mol. The number of rotatable bonds is 7. The van der Waals surface area contributed by atoms with Gasteiger partial charge < -0.3 is 15.7 Å². The van der Waals surface area contributed by atoms with Crippen molar-refractivity contribution in [1.82, 2.24) is 10.6 Å². The van der Waals surface area contributed by atoms with Crippen molar-refractivity contribution < 1.29 is 9.90 Å². The number of carbonyl (C=O) groups is 1. The maximum Gasteiger partial charge on any atom is 0.315 e. The normalized spacial score (nSPS) is 13.1. The van der Waals surface area contributed by atoms with Crippen molar-refractivity contribution in [3.8, 4) is 0 Å². The first-order valence-electron chi connectivity index (χ1n) is 7.96. The van der Waals surface area contributed by atoms with Gasteiger partial charge in [0.25, 0.3) is 0 Å². The van der Waals surface area contributed by atoms with Gasteiger partial charge in [0.15, 0.2) is 0 Å². The van der Waals surface area contributed by atoms with Crippen LogP contribution in [-0.4, -0.2) is 23.8 Å². The molecule has 0 saturated carbocycles. The summed E-state index contributed by atoms with van der Waals surface area (Å²) in [5.41, 5.74) is 2.24. The van der Waals surface area contributed by atoms with E-state index in [0.29, 0.717) is 6.42 Å². The van der Waals surface area contributed by atoms with Crippen LogP contribution in [0.15, 0.2) is 60.7 Å². The van der Waals surface area contributed by atoms with Crippen LogP contribution in [0.25, 0.3) is 0 Å². The summed E-state index contributed by atoms with van der Waals surface area (Å²) in [4.78, 5) is 12.2. The predicted molar refractivity (Wildman–Crippen MR) is 92.2 cm³/mol. The molecule has 0 aliphatic heterocycles. The summed E-state index contributed by atoms with van der Waals surface area (Å²) in [6, 6.07) is 19.7. The van der Waals surface area contributed by atoms with Crippen molar-refractivity contribution in [2.45, 2.75) is 31.8 Å². The van der Waals surface area contributed by atoms with E-state index in [4.69, 9.17) is 5.11 Å². The van der Waals surface area contributed by atoms with Crippen molar-refractivity contribution in [1.29, 1.82) is 0 Å². The minimum Gasteiger partial charge on any atom is -0.396 e. The van der Waals surface area contributed by atoms with E-state index < -0.39 is 0 Å². The molecule has 2 aromatic carbocycles. The van der Waals surface area contributed by atoms with E-state index in [1.54, 1.807) is 0 Å². The van der Waals surface area contributed by atoms with E-state index in [0.717, 1.165) is 12.0 Å². The second kappa shape index (κ2) is 8.96. The Labute approximate surface area is 137 Å². The second-order valence-electron chi connectivity index (χ2n) is 5.68. The lowest BCUT2D eigenvalue weighted by molar-refractivity contribution is 0.227. The number of nitrogens with one attached hydrogen (secondary N) is 2. The highest BCUT2D eigenvalue weighted by molar-refractivity contribution is 5.74. The fourth-order valence-electron chi connectivity index (χ4n) is 2.48. The molecule has 0 aliphatic carbocycles. The quantitative estimate of drug-likeness (QED) is 0.736. The minimum absolute atomic E-state index is 0.0619. The van der Waals surface area contributed by atoms with Crippen LogP contribution in [0.4, 0.5) is 4.79 Å². The SMILES string of the molecule is C[C@H](CCO)NC(=O)NC(Cc1ccccc1)c1ccccc1. The van der Waals surface area contributed by atoms with Crippen LogP contribution in [0, 0.1) is 0 Å². The Balaban J connectivity index is 2.06. The molecule has 122 valence electrons. The number of amides is 2. The van der Waals surface area contributed by atoms with Crippen molar-refractivity contribution in [2.75, 3.05) is 6.61 Å². The van der Waals surface area contributed by atoms with Gasteiger partial charge in [-0.05, 0) is 30.9 Å². The molecule has 23 heavy (non-hydrogen) atoms. The molecule has 1 unspecified atom stereocenters. The summed E-state index contributed by atoms with van der Waals surface area (Å²) in [7, 11) is 0. The summed E-state index contributed by atoms with van der Waals surface area (Å²) < 4.78 is 0. The number of aliphatic hydroxyl groups is 1. The zero-order valence-electron chi connectivity index (χ0n) is 13.4. The Morgan fingerprint density at radius 3 is 2.22 bits per heavy atom. The third-order valence-electron chi connectivity index (χ3n) is 3.73. The van der Waals surface area contributed by atoms with Gasteiger partial charge in [0.1, 0.15) is 0 Å². The van der Waals surface area contributed by atoms with E-state index in [1.165, 1.54) is 5.56 Å². The summed E-state index contributed by atoms with van der Waals surface area (Å²) in [5, 5.41) is 14.8. The molecular formula is C19H24N2O2. The van der Waals surface area contributed by atoms with Crippen LogP contribution in [0.5, 0.6) is 0 Å². The number of benzene rings is 2. The van der Waals surface area contributed by atoms with Gasteiger partial charge in [-0.3, -0.25) is 0 Å². The Morgan fingerprint density at radius 1 is 1.00 bits per heavy atom. The van der Waals surface area contributed by atoms with Crippen molar-refractivity contribution in [3.63, 3.8) is 0 Å². The highest BCUT2D eigenvalue weighted by Crippen LogP contribution is 2.18. The molecule has 0 bridgehead atoms. The van der Waals surface area contributed by atoms with Gasteiger partial charge in [0.2, 0.25) is 0 Å². The highest BCUT2D eigenvalue weighted by Gasteiger charge is 2.16. The lowest BCUT2D eigenvalue weighted by atomic mass is 9.99. The van der Waals surface area contributed by atoms with Gasteiger partial charge in [-0.15, -0.1) is 0 Å². The van der Waals surface area contributed by atoms with E-state index >= 15 is 0 Å². The largest absolute Gasteiger partial charge is 0.396 e. The van der Waals surface area contributed by atoms with E-state index in [9.17, 15) is 4.79 Å². The molecule has 2 rings (SSSR count). The van der Waals surface area contributed by atoms with Crippen LogP contribution < -0.4 is 10.6 Å². The molecule has 2 aromatic rings. The molecule has 0 fully saturated rings. The number of hydrogen-bond acceptors (Lipinski definition) is 2. The fourth-order valence-corrected chi connectivity index (χ4v) is 2.48. The second-order valence-corrected chi connectivity index (χ2v) is 5.68. The molecule has 2 amide bonds. The van der Waals surface area contributed by atoms with Crippen LogP contribution in [0.3, 0.4) is 0 Å². The lowest BCUT2D eigenvalue weighted by Crippen LogP contribution is -2.43. The van der Waals surface area contributed by atoms with Gasteiger partial charge in [-0.25, -0.2) is 4.79 Å². The summed E-state index contributed by atoms with van der Waals surface area (Å²) >= 11 is 0. The average molecular weight is 312 g/mol. The standard InChI is InChI=1S/C19H24N2O2/c1-15(12-13-22)20-19(23)21-18(17-10-6-3-7-11-17)14-16-8-4-2-5-9-16/h2-11,15,18,22H,12-14H2,1H3,(H2,20,21,23)/t15-,18?/m1/s1. The first kappa shape index (κ1) is 17.0. The Hall–Kier alpha value is -2.33. The van der Waals surface area contributed by atoms with Gasteiger partial charge >= 0.3 is 6.03 Å². The summed E-state index contributed by atoms with van der Waals surface area (Å²) in [6.07, 6.45) is 1.27. The van der Waals surface area contributed by atoms with E-state index in [1.807, 2.05) is 55.5 Å². The molecule has 0 radical (unpaired) electrons. The summed E-state index contributed by atoms with van der Waals surface area (Å²) in [5.74, 6) is 0. The van der Waals surface area contributed by atoms with Gasteiger partial charge in [0, 0.05) is 12.6 Å². The third-order valence-corrected chi connectivity index (χ3v) is 3.73. The third kappa shape index (κ3) is 5.75. The molecule has 4 nitrogen and oxygen atoms in total. The molecule has 3 N–H and O–H groups in total. The predicted octanol–water partition coefficient (Wildman–Crippen LogP) is 3.04. The fraction of sp³-hybridized carbons (Fsp3) is 0.316. The van der Waals surface area contributed by atoms with E-state index in [2.05, 4.69) is 22.8 Å². The molecule has 0 saturated heterocycles. The molecule has 2 atom stereocenters. The molecular weight excluding hydrogens is 288 g/mol. The van der Waals surface area contributed by atoms with Gasteiger partial charge in [-0.2, -0.15) is 0 Å². The van der Waals surface area contributed by atoms with Crippen LogP contribution >= 0.6 is 0 Å². The smallest absolute Gasteiger partial charge is 0.315 e. The maximum atomic E-state index is 12.2. The molecule has 0 aliphatic rings. The van der Waals surface area contributed by atoms with Gasteiger partial charge in [-0.1, -0.05) is 60.7 Å². The van der Waals surface area contributed by atoms with Crippen LogP contribution in [0.2, 0.25) is 0 Å². The average Bonchev–Trinajstić information content (AvgIpc) is 2.56. The lowest BCUT2D eigenvalue weighted by Gasteiger charge is -2.21. The summed E-state index contributed by atoms with van der Waals surface area (Å²) in [6.45, 7) is 1.94. The highest BCUT2D eigenvalue weighted by atomic mass is 16.3. The zero-order valence-corrected chi connectivity index (χ0v) is 13.4. The van der Waals surface area contributed by atoms with Gasteiger partial charge in [0.05, 0.1) is 6.04 Å². The van der Waals surface area contributed by atoms with Crippen molar-refractivity contribution in [2.24, 2.45) is 0 Å². The number of carbonyl (C=O) groups excluding carboxylic acids is 1. The Morgan fingerprint density at radius 2 is 1.61 bits per heavy atom. The minimum atomic E-state index is -0.212. The maximum absolute atomic E-state index is 12.2. The Kier molecular flexibility index (Phi) is 6.63. The number of hydrogen-bond donors (Lipinski definition) is 3. The van der Waals surface area contributed by atoms with Crippen LogP contribution in [-0.2, 0) is 6.42 Å². The molecule has 4 heteroatoms. The molecule has 0 heterocycles. The first-order valence-corrected chi connectivity index (χ1v) is 7.96.